The van der Waals surface area contributed by atoms with Gasteiger partial charge in [-0.25, -0.2) is 9.97 Å². The number of benzene rings is 1. The van der Waals surface area contributed by atoms with Gasteiger partial charge in [-0.05, 0) is 37.5 Å². The zero-order chi connectivity index (χ0) is 18.7. The summed E-state index contributed by atoms with van der Waals surface area (Å²) in [5.74, 6) is 0.0465. The first-order chi connectivity index (χ1) is 12.3. The van der Waals surface area contributed by atoms with E-state index >= 15 is 0 Å². The lowest BCUT2D eigenvalue weighted by atomic mass is 10.1. The summed E-state index contributed by atoms with van der Waals surface area (Å²) < 4.78 is 38.7. The number of amides is 1. The third-order valence-electron chi connectivity index (χ3n) is 4.08. The van der Waals surface area contributed by atoms with Gasteiger partial charge in [0.1, 0.15) is 11.5 Å². The van der Waals surface area contributed by atoms with Gasteiger partial charge in [0, 0.05) is 18.8 Å². The number of carbonyl (C=O) groups excluding carboxylic acids is 1. The third-order valence-corrected chi connectivity index (χ3v) is 4.41. The van der Waals surface area contributed by atoms with Gasteiger partial charge in [0.05, 0.1) is 23.0 Å². The Hall–Kier alpha value is -2.35. The molecule has 0 bridgehead atoms. The van der Waals surface area contributed by atoms with E-state index in [1.807, 2.05) is 0 Å². The summed E-state index contributed by atoms with van der Waals surface area (Å²) in [4.78, 5) is 22.6. The highest BCUT2D eigenvalue weighted by Gasteiger charge is 2.33. The quantitative estimate of drug-likeness (QED) is 0.852. The number of halogens is 4. The van der Waals surface area contributed by atoms with Crippen LogP contribution in [0.3, 0.4) is 0 Å². The second-order valence-corrected chi connectivity index (χ2v) is 6.36. The molecule has 26 heavy (non-hydrogen) atoms. The van der Waals surface area contributed by atoms with E-state index in [0.717, 1.165) is 38.1 Å². The molecular formula is C17H16ClF3N4O. The number of alkyl halides is 3. The van der Waals surface area contributed by atoms with Crippen molar-refractivity contribution in [2.75, 3.05) is 23.3 Å². The molecule has 1 amide bonds. The molecule has 1 aliphatic rings. The molecule has 2 heterocycles. The van der Waals surface area contributed by atoms with Crippen molar-refractivity contribution in [1.29, 1.82) is 0 Å². The van der Waals surface area contributed by atoms with Crippen LogP contribution >= 0.6 is 11.6 Å². The molecule has 0 radical (unpaired) electrons. The van der Waals surface area contributed by atoms with E-state index in [1.165, 1.54) is 24.9 Å². The van der Waals surface area contributed by atoms with Crippen LogP contribution in [0.1, 0.15) is 35.3 Å². The zero-order valence-corrected chi connectivity index (χ0v) is 14.4. The van der Waals surface area contributed by atoms with E-state index in [4.69, 9.17) is 11.6 Å². The summed E-state index contributed by atoms with van der Waals surface area (Å²) in [6.07, 6.45) is 1.58. The van der Waals surface area contributed by atoms with Crippen LogP contribution in [0.15, 0.2) is 30.6 Å². The Kier molecular flexibility index (Phi) is 5.31. The van der Waals surface area contributed by atoms with E-state index in [-0.39, 0.29) is 11.4 Å². The van der Waals surface area contributed by atoms with Crippen LogP contribution in [-0.2, 0) is 6.18 Å². The van der Waals surface area contributed by atoms with E-state index in [9.17, 15) is 18.0 Å². The van der Waals surface area contributed by atoms with Gasteiger partial charge in [0.15, 0.2) is 0 Å². The van der Waals surface area contributed by atoms with Gasteiger partial charge in [-0.1, -0.05) is 11.6 Å². The van der Waals surface area contributed by atoms with Crippen molar-refractivity contribution in [2.24, 2.45) is 0 Å². The summed E-state index contributed by atoms with van der Waals surface area (Å²) in [5.41, 5.74) is -1.01. The van der Waals surface area contributed by atoms with Gasteiger partial charge >= 0.3 is 6.18 Å². The fraction of sp³-hybridized carbons (Fsp3) is 0.353. The zero-order valence-electron chi connectivity index (χ0n) is 13.7. The highest BCUT2D eigenvalue weighted by Crippen LogP contribution is 2.36. The monoisotopic (exact) mass is 384 g/mol. The minimum absolute atomic E-state index is 0.0198. The summed E-state index contributed by atoms with van der Waals surface area (Å²) >= 11 is 5.57. The van der Waals surface area contributed by atoms with Crippen LogP contribution in [0.5, 0.6) is 0 Å². The molecule has 0 spiro atoms. The highest BCUT2D eigenvalue weighted by atomic mass is 35.5. The Morgan fingerprint density at radius 3 is 2.46 bits per heavy atom. The molecule has 1 aromatic carbocycles. The molecule has 3 rings (SSSR count). The number of carbonyl (C=O) groups is 1. The number of rotatable bonds is 3. The lowest BCUT2D eigenvalue weighted by Gasteiger charge is -2.27. The third kappa shape index (κ3) is 4.24. The number of hydrogen-bond donors (Lipinski definition) is 1. The Labute approximate surface area is 153 Å². The molecule has 0 unspecified atom stereocenters. The van der Waals surface area contributed by atoms with Crippen molar-refractivity contribution in [3.8, 4) is 0 Å². The number of nitrogens with one attached hydrogen (secondary N) is 1. The van der Waals surface area contributed by atoms with E-state index in [1.54, 1.807) is 0 Å². The summed E-state index contributed by atoms with van der Waals surface area (Å²) in [7, 11) is 0. The van der Waals surface area contributed by atoms with Crippen LogP contribution < -0.4 is 10.2 Å². The Bertz CT molecular complexity index is 790. The Morgan fingerprint density at radius 1 is 1.12 bits per heavy atom. The van der Waals surface area contributed by atoms with Crippen molar-refractivity contribution in [3.05, 3.63) is 46.9 Å². The standard InChI is InChI=1S/C17H16ClF3N4O/c18-13-5-4-11(8-12(13)17(19,20)21)24-16(26)14-9-23-15(10-22-14)25-6-2-1-3-7-25/h4-5,8-10H,1-3,6-7H2,(H,24,26). The van der Waals surface area contributed by atoms with Crippen molar-refractivity contribution in [2.45, 2.75) is 25.4 Å². The Morgan fingerprint density at radius 2 is 1.85 bits per heavy atom. The highest BCUT2D eigenvalue weighted by molar-refractivity contribution is 6.31. The van der Waals surface area contributed by atoms with Gasteiger partial charge < -0.3 is 10.2 Å². The van der Waals surface area contributed by atoms with Crippen LogP contribution in [0.25, 0.3) is 0 Å². The number of nitrogens with zero attached hydrogens (tertiary/aromatic N) is 3. The van der Waals surface area contributed by atoms with Gasteiger partial charge in [-0.15, -0.1) is 0 Å². The number of piperidine rings is 1. The minimum Gasteiger partial charge on any atom is -0.355 e. The molecule has 1 aromatic heterocycles. The summed E-state index contributed by atoms with van der Waals surface area (Å²) in [6.45, 7) is 1.79. The molecule has 0 aliphatic carbocycles. The maximum absolute atomic E-state index is 12.9. The summed E-state index contributed by atoms with van der Waals surface area (Å²) in [5, 5.41) is 1.95. The molecule has 1 fully saturated rings. The predicted molar refractivity (Wildman–Crippen MR) is 92.5 cm³/mol. The molecule has 0 saturated carbocycles. The van der Waals surface area contributed by atoms with Gasteiger partial charge in [0.25, 0.3) is 5.91 Å². The average molecular weight is 385 g/mol. The molecule has 138 valence electrons. The SMILES string of the molecule is O=C(Nc1ccc(Cl)c(C(F)(F)F)c1)c1cnc(N2CCCCC2)cn1. The summed E-state index contributed by atoms with van der Waals surface area (Å²) in [6, 6.07) is 3.17. The fourth-order valence-corrected chi connectivity index (χ4v) is 2.96. The second kappa shape index (κ2) is 7.49. The Balaban J connectivity index is 1.72. The van der Waals surface area contributed by atoms with Crippen LogP contribution in [0.4, 0.5) is 24.7 Å². The molecular weight excluding hydrogens is 369 g/mol. The van der Waals surface area contributed by atoms with Crippen molar-refractivity contribution < 1.29 is 18.0 Å². The first kappa shape index (κ1) is 18.4. The normalized spacial score (nSPS) is 15.0. The van der Waals surface area contributed by atoms with E-state index in [2.05, 4.69) is 20.2 Å². The van der Waals surface area contributed by atoms with Crippen molar-refractivity contribution >= 4 is 29.0 Å². The van der Waals surface area contributed by atoms with Crippen molar-refractivity contribution in [1.82, 2.24) is 9.97 Å². The average Bonchev–Trinajstić information content (AvgIpc) is 2.63. The van der Waals surface area contributed by atoms with E-state index < -0.39 is 22.7 Å². The number of aromatic nitrogens is 2. The number of hydrogen-bond acceptors (Lipinski definition) is 4. The molecule has 0 atom stereocenters. The van der Waals surface area contributed by atoms with Crippen LogP contribution in [0, 0.1) is 0 Å². The first-order valence-electron chi connectivity index (χ1n) is 8.10. The lowest BCUT2D eigenvalue weighted by Crippen LogP contribution is -2.30. The molecule has 1 saturated heterocycles. The van der Waals surface area contributed by atoms with Gasteiger partial charge in [-0.2, -0.15) is 13.2 Å². The molecule has 1 N–H and O–H groups in total. The second-order valence-electron chi connectivity index (χ2n) is 5.95. The molecule has 1 aliphatic heterocycles. The molecule has 9 heteroatoms. The van der Waals surface area contributed by atoms with Gasteiger partial charge in [-0.3, -0.25) is 4.79 Å². The van der Waals surface area contributed by atoms with Gasteiger partial charge in [0.2, 0.25) is 0 Å². The lowest BCUT2D eigenvalue weighted by molar-refractivity contribution is -0.137. The van der Waals surface area contributed by atoms with E-state index in [0.29, 0.717) is 5.82 Å². The van der Waals surface area contributed by atoms with Crippen LogP contribution in [0.2, 0.25) is 5.02 Å². The maximum Gasteiger partial charge on any atom is 0.417 e. The smallest absolute Gasteiger partial charge is 0.355 e. The maximum atomic E-state index is 12.9. The minimum atomic E-state index is -4.60. The fourth-order valence-electron chi connectivity index (χ4n) is 2.74. The largest absolute Gasteiger partial charge is 0.417 e. The van der Waals surface area contributed by atoms with Crippen molar-refractivity contribution in [3.63, 3.8) is 0 Å². The van der Waals surface area contributed by atoms with Crippen LogP contribution in [-0.4, -0.2) is 29.0 Å². The molecule has 5 nitrogen and oxygen atoms in total. The first-order valence-corrected chi connectivity index (χ1v) is 8.47. The predicted octanol–water partition coefficient (Wildman–Crippen LogP) is 4.39. The topological polar surface area (TPSA) is 58.1 Å². The number of anilines is 2. The molecule has 2 aromatic rings.